The van der Waals surface area contributed by atoms with E-state index in [1.54, 1.807) is 0 Å². The molecule has 1 heterocycles. The van der Waals surface area contributed by atoms with Crippen LogP contribution in [0.1, 0.15) is 28.8 Å². The van der Waals surface area contributed by atoms with Crippen LogP contribution in [0.4, 0.5) is 0 Å². The first-order chi connectivity index (χ1) is 7.66. The zero-order valence-corrected chi connectivity index (χ0v) is 10.9. The van der Waals surface area contributed by atoms with Crippen molar-refractivity contribution in [3.8, 4) is 0 Å². The molecule has 1 aromatic carbocycles. The van der Waals surface area contributed by atoms with Crippen LogP contribution in [0.2, 0.25) is 0 Å². The van der Waals surface area contributed by atoms with Crippen molar-refractivity contribution in [3.63, 3.8) is 0 Å². The first-order valence-corrected chi connectivity index (χ1v) is 6.35. The summed E-state index contributed by atoms with van der Waals surface area (Å²) in [5.74, 6) is 0.256. The van der Waals surface area contributed by atoms with Crippen molar-refractivity contribution in [1.82, 2.24) is 0 Å². The molecule has 86 valence electrons. The van der Waals surface area contributed by atoms with Crippen LogP contribution in [0.15, 0.2) is 22.7 Å². The molecule has 2 nitrogen and oxygen atoms in total. The lowest BCUT2D eigenvalue weighted by molar-refractivity contribution is 0.0461. The highest BCUT2D eigenvalue weighted by Gasteiger charge is 2.23. The van der Waals surface area contributed by atoms with Gasteiger partial charge in [0.2, 0.25) is 0 Å². The molecule has 1 fully saturated rings. The largest absolute Gasteiger partial charge is 0.381 e. The third-order valence-corrected chi connectivity index (χ3v) is 3.32. The summed E-state index contributed by atoms with van der Waals surface area (Å²) in [6.07, 6.45) is 1.94. The number of carbonyl (C=O) groups excluding carboxylic acids is 1. The molecule has 0 amide bonds. The standard InChI is InChI=1S/C13H15BrO2/c1-9-5-11(7-12(14)6-9)13(15)10-3-2-4-16-8-10/h5-7,10H,2-4,8H2,1H3. The van der Waals surface area contributed by atoms with Crippen molar-refractivity contribution in [2.24, 2.45) is 5.92 Å². The van der Waals surface area contributed by atoms with Gasteiger partial charge in [0.25, 0.3) is 0 Å². The molecule has 1 atom stereocenters. The van der Waals surface area contributed by atoms with Crippen LogP contribution in [0, 0.1) is 12.8 Å². The number of ketones is 1. The Labute approximate surface area is 104 Å². The number of carbonyl (C=O) groups is 1. The van der Waals surface area contributed by atoms with Gasteiger partial charge < -0.3 is 4.74 Å². The van der Waals surface area contributed by atoms with E-state index in [4.69, 9.17) is 4.74 Å². The topological polar surface area (TPSA) is 26.3 Å². The van der Waals surface area contributed by atoms with Gasteiger partial charge in [-0.2, -0.15) is 0 Å². The SMILES string of the molecule is Cc1cc(Br)cc(C(=O)C2CCCOC2)c1. The molecule has 0 saturated carbocycles. The van der Waals surface area contributed by atoms with Crippen LogP contribution in [0.25, 0.3) is 0 Å². The van der Waals surface area contributed by atoms with Gasteiger partial charge in [-0.3, -0.25) is 4.79 Å². The molecule has 1 aromatic rings. The van der Waals surface area contributed by atoms with Crippen LogP contribution in [0.5, 0.6) is 0 Å². The molecule has 0 aromatic heterocycles. The van der Waals surface area contributed by atoms with E-state index in [9.17, 15) is 4.79 Å². The van der Waals surface area contributed by atoms with E-state index in [0.29, 0.717) is 6.61 Å². The molecule has 0 N–H and O–H groups in total. The number of hydrogen-bond acceptors (Lipinski definition) is 2. The molecule has 1 unspecified atom stereocenters. The molecule has 0 radical (unpaired) electrons. The molecule has 0 bridgehead atoms. The molecule has 0 aliphatic carbocycles. The summed E-state index contributed by atoms with van der Waals surface area (Å²) in [4.78, 5) is 12.2. The highest BCUT2D eigenvalue weighted by Crippen LogP contribution is 2.22. The maximum absolute atomic E-state index is 12.2. The van der Waals surface area contributed by atoms with Crippen LogP contribution in [-0.2, 0) is 4.74 Å². The van der Waals surface area contributed by atoms with Crippen molar-refractivity contribution in [2.45, 2.75) is 19.8 Å². The minimum Gasteiger partial charge on any atom is -0.381 e. The van der Waals surface area contributed by atoms with Gasteiger partial charge in [0.15, 0.2) is 5.78 Å². The summed E-state index contributed by atoms with van der Waals surface area (Å²) in [5, 5.41) is 0. The van der Waals surface area contributed by atoms with E-state index in [1.165, 1.54) is 0 Å². The normalized spacial score (nSPS) is 20.8. The van der Waals surface area contributed by atoms with Gasteiger partial charge in [-0.05, 0) is 43.5 Å². The summed E-state index contributed by atoms with van der Waals surface area (Å²) in [6, 6.07) is 5.85. The molecule has 0 spiro atoms. The fraction of sp³-hybridized carbons (Fsp3) is 0.462. The van der Waals surface area contributed by atoms with Gasteiger partial charge in [0.05, 0.1) is 6.61 Å². The predicted molar refractivity (Wildman–Crippen MR) is 66.8 cm³/mol. The van der Waals surface area contributed by atoms with Gasteiger partial charge >= 0.3 is 0 Å². The average Bonchev–Trinajstić information content (AvgIpc) is 2.28. The van der Waals surface area contributed by atoms with E-state index in [-0.39, 0.29) is 11.7 Å². The highest BCUT2D eigenvalue weighted by molar-refractivity contribution is 9.10. The molecule has 3 heteroatoms. The van der Waals surface area contributed by atoms with Gasteiger partial charge in [0.1, 0.15) is 0 Å². The lowest BCUT2D eigenvalue weighted by atomic mass is 9.92. The van der Waals surface area contributed by atoms with Crippen LogP contribution >= 0.6 is 15.9 Å². The van der Waals surface area contributed by atoms with Crippen LogP contribution in [-0.4, -0.2) is 19.0 Å². The Morgan fingerprint density at radius 2 is 2.25 bits per heavy atom. The minimum atomic E-state index is 0.0439. The van der Waals surface area contributed by atoms with Gasteiger partial charge in [-0.15, -0.1) is 0 Å². The molecule has 16 heavy (non-hydrogen) atoms. The summed E-state index contributed by atoms with van der Waals surface area (Å²) in [6.45, 7) is 3.37. The lowest BCUT2D eigenvalue weighted by Crippen LogP contribution is -2.25. The summed E-state index contributed by atoms with van der Waals surface area (Å²) in [7, 11) is 0. The number of aryl methyl sites for hydroxylation is 1. The van der Waals surface area contributed by atoms with Gasteiger partial charge in [-0.25, -0.2) is 0 Å². The number of halogens is 1. The van der Waals surface area contributed by atoms with E-state index in [1.807, 2.05) is 25.1 Å². The van der Waals surface area contributed by atoms with Crippen molar-refractivity contribution >= 4 is 21.7 Å². The summed E-state index contributed by atoms with van der Waals surface area (Å²) in [5.41, 5.74) is 1.90. The maximum atomic E-state index is 12.2. The second-order valence-corrected chi connectivity index (χ2v) is 5.21. The Morgan fingerprint density at radius 1 is 1.44 bits per heavy atom. The number of rotatable bonds is 2. The maximum Gasteiger partial charge on any atom is 0.168 e. The Balaban J connectivity index is 2.19. The average molecular weight is 283 g/mol. The highest BCUT2D eigenvalue weighted by atomic mass is 79.9. The Morgan fingerprint density at radius 3 is 2.88 bits per heavy atom. The van der Waals surface area contributed by atoms with Crippen LogP contribution < -0.4 is 0 Å². The summed E-state index contributed by atoms with van der Waals surface area (Å²) >= 11 is 3.42. The van der Waals surface area contributed by atoms with E-state index < -0.39 is 0 Å². The molecular weight excluding hydrogens is 268 g/mol. The molecule has 2 rings (SSSR count). The van der Waals surface area contributed by atoms with Crippen molar-refractivity contribution in [1.29, 1.82) is 0 Å². The third-order valence-electron chi connectivity index (χ3n) is 2.86. The number of ether oxygens (including phenoxy) is 1. The number of benzene rings is 1. The summed E-state index contributed by atoms with van der Waals surface area (Å²) < 4.78 is 6.32. The van der Waals surface area contributed by atoms with Gasteiger partial charge in [-0.1, -0.05) is 15.9 Å². The Bertz CT molecular complexity index is 375. The van der Waals surface area contributed by atoms with Crippen LogP contribution in [0.3, 0.4) is 0 Å². The van der Waals surface area contributed by atoms with Crippen molar-refractivity contribution in [2.75, 3.05) is 13.2 Å². The quantitative estimate of drug-likeness (QED) is 0.778. The zero-order valence-electron chi connectivity index (χ0n) is 9.33. The van der Waals surface area contributed by atoms with Gasteiger partial charge in [0, 0.05) is 22.6 Å². The predicted octanol–water partition coefficient (Wildman–Crippen LogP) is 3.37. The van der Waals surface area contributed by atoms with Crippen molar-refractivity contribution in [3.05, 3.63) is 33.8 Å². The number of Topliss-reactive ketones (excluding diaryl/α,β-unsaturated/α-hetero) is 1. The second-order valence-electron chi connectivity index (χ2n) is 4.30. The Kier molecular flexibility index (Phi) is 3.77. The number of hydrogen-bond donors (Lipinski definition) is 0. The first-order valence-electron chi connectivity index (χ1n) is 5.56. The van der Waals surface area contributed by atoms with E-state index in [0.717, 1.165) is 35.0 Å². The second kappa shape index (κ2) is 5.11. The zero-order chi connectivity index (χ0) is 11.5. The molecule has 1 aliphatic heterocycles. The minimum absolute atomic E-state index is 0.0439. The molecular formula is C13H15BrO2. The molecule has 1 aliphatic rings. The Hall–Kier alpha value is -0.670. The monoisotopic (exact) mass is 282 g/mol. The molecule has 1 saturated heterocycles. The fourth-order valence-electron chi connectivity index (χ4n) is 2.06. The lowest BCUT2D eigenvalue weighted by Gasteiger charge is -2.21. The fourth-order valence-corrected chi connectivity index (χ4v) is 2.67. The van der Waals surface area contributed by atoms with E-state index >= 15 is 0 Å². The first kappa shape index (κ1) is 11.8. The van der Waals surface area contributed by atoms with E-state index in [2.05, 4.69) is 15.9 Å². The van der Waals surface area contributed by atoms with Crippen molar-refractivity contribution < 1.29 is 9.53 Å². The third kappa shape index (κ3) is 2.71. The smallest absolute Gasteiger partial charge is 0.168 e.